The smallest absolute Gasteiger partial charge is 0.270 e. The van der Waals surface area contributed by atoms with Gasteiger partial charge in [-0.15, -0.1) is 0 Å². The Hall–Kier alpha value is -3.68. The van der Waals surface area contributed by atoms with E-state index in [-0.39, 0.29) is 16.6 Å². The number of fused-ring (bicyclic) bond motifs is 2. The number of methoxy groups -OCH3 is 1. The Kier molecular flexibility index (Phi) is 4.75. The van der Waals surface area contributed by atoms with Crippen molar-refractivity contribution in [1.82, 2.24) is 9.55 Å². The zero-order valence-electron chi connectivity index (χ0n) is 16.0. The molecule has 0 atom stereocenters. The van der Waals surface area contributed by atoms with E-state index in [1.165, 1.54) is 18.2 Å². The number of allylic oxidation sites excluding steroid dienone is 1. The number of hydrogen-bond acceptors (Lipinski definition) is 6. The van der Waals surface area contributed by atoms with Crippen molar-refractivity contribution in [3.8, 4) is 11.5 Å². The first kappa shape index (κ1) is 18.7. The first-order valence-corrected chi connectivity index (χ1v) is 9.22. The van der Waals surface area contributed by atoms with Crippen LogP contribution in [0.25, 0.3) is 22.6 Å². The summed E-state index contributed by atoms with van der Waals surface area (Å²) in [6.07, 6.45) is 2.62. The molecular weight excluding hydrogens is 374 g/mol. The molecule has 0 bridgehead atoms. The summed E-state index contributed by atoms with van der Waals surface area (Å²) in [5.41, 5.74) is 1.90. The lowest BCUT2D eigenvalue weighted by Crippen LogP contribution is -2.20. The van der Waals surface area contributed by atoms with E-state index in [1.807, 2.05) is 31.2 Å². The van der Waals surface area contributed by atoms with Crippen molar-refractivity contribution < 1.29 is 14.4 Å². The molecule has 0 fully saturated rings. The maximum Gasteiger partial charge on any atom is 0.270 e. The molecule has 0 aliphatic carbocycles. The van der Waals surface area contributed by atoms with E-state index in [4.69, 9.17) is 9.47 Å². The number of nitrogens with zero attached hydrogens (tertiary/aromatic N) is 3. The molecule has 1 aromatic heterocycles. The lowest BCUT2D eigenvalue weighted by molar-refractivity contribution is -0.384. The van der Waals surface area contributed by atoms with E-state index >= 15 is 0 Å². The molecular formula is C21H19N3O5. The molecule has 1 aliphatic heterocycles. The van der Waals surface area contributed by atoms with Gasteiger partial charge in [0.2, 0.25) is 0 Å². The van der Waals surface area contributed by atoms with Crippen LogP contribution in [-0.2, 0) is 6.54 Å². The van der Waals surface area contributed by atoms with Gasteiger partial charge in [0.1, 0.15) is 5.82 Å². The summed E-state index contributed by atoms with van der Waals surface area (Å²) in [5, 5.41) is 11.3. The molecule has 0 N–H and O–H groups in total. The van der Waals surface area contributed by atoms with Crippen LogP contribution in [0, 0.1) is 10.1 Å². The molecule has 29 heavy (non-hydrogen) atoms. The number of rotatable bonds is 5. The Bertz CT molecular complexity index is 1210. The van der Waals surface area contributed by atoms with Crippen molar-refractivity contribution in [3.63, 3.8) is 0 Å². The highest BCUT2D eigenvalue weighted by Gasteiger charge is 2.22. The van der Waals surface area contributed by atoms with E-state index < -0.39 is 4.92 Å². The largest absolute Gasteiger partial charge is 0.493 e. The van der Waals surface area contributed by atoms with Gasteiger partial charge in [-0.05, 0) is 48.8 Å². The Morgan fingerprint density at radius 2 is 2.07 bits per heavy atom. The minimum atomic E-state index is -0.512. The van der Waals surface area contributed by atoms with Crippen LogP contribution < -0.4 is 15.0 Å². The van der Waals surface area contributed by atoms with Crippen LogP contribution in [0.1, 0.15) is 24.7 Å². The van der Waals surface area contributed by atoms with Gasteiger partial charge in [0, 0.05) is 18.7 Å². The fourth-order valence-electron chi connectivity index (χ4n) is 3.51. The average Bonchev–Trinajstić information content (AvgIpc) is 3.12. The van der Waals surface area contributed by atoms with Crippen molar-refractivity contribution in [1.29, 1.82) is 0 Å². The van der Waals surface area contributed by atoms with Crippen LogP contribution in [-0.4, -0.2) is 28.2 Å². The summed E-state index contributed by atoms with van der Waals surface area (Å²) < 4.78 is 12.5. The number of nitro benzene ring substituents is 1. The van der Waals surface area contributed by atoms with E-state index in [2.05, 4.69) is 4.98 Å². The SMILES string of the molecule is CCOc1ccc(/C=C2\CCn3c2nc2ccc([N+](=O)[O-])cc2c3=O)cc1OC. The van der Waals surface area contributed by atoms with Crippen LogP contribution in [0.4, 0.5) is 5.69 Å². The van der Waals surface area contributed by atoms with Gasteiger partial charge >= 0.3 is 0 Å². The molecule has 148 valence electrons. The van der Waals surface area contributed by atoms with E-state index in [0.717, 1.165) is 11.1 Å². The zero-order chi connectivity index (χ0) is 20.5. The van der Waals surface area contributed by atoms with E-state index in [1.54, 1.807) is 11.7 Å². The highest BCUT2D eigenvalue weighted by atomic mass is 16.6. The van der Waals surface area contributed by atoms with Gasteiger partial charge in [-0.2, -0.15) is 0 Å². The summed E-state index contributed by atoms with van der Waals surface area (Å²) in [6, 6.07) is 9.82. The Morgan fingerprint density at radius 1 is 1.24 bits per heavy atom. The lowest BCUT2D eigenvalue weighted by atomic mass is 10.1. The van der Waals surface area contributed by atoms with Gasteiger partial charge < -0.3 is 9.47 Å². The minimum Gasteiger partial charge on any atom is -0.493 e. The summed E-state index contributed by atoms with van der Waals surface area (Å²) in [4.78, 5) is 27.9. The fourth-order valence-corrected chi connectivity index (χ4v) is 3.51. The zero-order valence-corrected chi connectivity index (χ0v) is 16.0. The second-order valence-corrected chi connectivity index (χ2v) is 6.61. The van der Waals surface area contributed by atoms with E-state index in [9.17, 15) is 14.9 Å². The Balaban J connectivity index is 1.79. The number of benzene rings is 2. The van der Waals surface area contributed by atoms with Gasteiger partial charge in [-0.3, -0.25) is 19.5 Å². The van der Waals surface area contributed by atoms with Crippen LogP contribution in [0.5, 0.6) is 11.5 Å². The topological polar surface area (TPSA) is 96.5 Å². The molecule has 0 saturated heterocycles. The van der Waals surface area contributed by atoms with Crippen molar-refractivity contribution in [2.75, 3.05) is 13.7 Å². The van der Waals surface area contributed by atoms with Gasteiger partial charge in [0.25, 0.3) is 11.2 Å². The normalized spacial score (nSPS) is 14.2. The molecule has 2 heterocycles. The third-order valence-corrected chi connectivity index (χ3v) is 4.87. The molecule has 0 spiro atoms. The summed E-state index contributed by atoms with van der Waals surface area (Å²) >= 11 is 0. The lowest BCUT2D eigenvalue weighted by Gasteiger charge is -2.10. The minimum absolute atomic E-state index is 0.118. The molecule has 0 saturated carbocycles. The maximum atomic E-state index is 12.8. The first-order valence-electron chi connectivity index (χ1n) is 9.22. The number of hydrogen-bond donors (Lipinski definition) is 0. The molecule has 0 radical (unpaired) electrons. The monoisotopic (exact) mass is 393 g/mol. The van der Waals surface area contributed by atoms with Crippen LogP contribution >= 0.6 is 0 Å². The molecule has 2 aromatic carbocycles. The second-order valence-electron chi connectivity index (χ2n) is 6.61. The molecule has 3 aromatic rings. The van der Waals surface area contributed by atoms with Crippen LogP contribution in [0.2, 0.25) is 0 Å². The third-order valence-electron chi connectivity index (χ3n) is 4.87. The highest BCUT2D eigenvalue weighted by molar-refractivity contribution is 5.86. The van der Waals surface area contributed by atoms with Gasteiger partial charge in [0.15, 0.2) is 11.5 Å². The van der Waals surface area contributed by atoms with Crippen LogP contribution in [0.3, 0.4) is 0 Å². The first-order chi connectivity index (χ1) is 14.0. The molecule has 4 rings (SSSR count). The van der Waals surface area contributed by atoms with Gasteiger partial charge in [-0.25, -0.2) is 4.98 Å². The highest BCUT2D eigenvalue weighted by Crippen LogP contribution is 2.32. The molecule has 8 heteroatoms. The van der Waals surface area contributed by atoms with Gasteiger partial charge in [0.05, 0.1) is 29.5 Å². The fraction of sp³-hybridized carbons (Fsp3) is 0.238. The summed E-state index contributed by atoms with van der Waals surface area (Å²) in [6.45, 7) is 2.94. The predicted octanol–water partition coefficient (Wildman–Crippen LogP) is 3.66. The average molecular weight is 393 g/mol. The Morgan fingerprint density at radius 3 is 2.79 bits per heavy atom. The van der Waals surface area contributed by atoms with Crippen molar-refractivity contribution in [2.24, 2.45) is 0 Å². The maximum absolute atomic E-state index is 12.8. The Labute approximate surface area is 166 Å². The third kappa shape index (κ3) is 3.33. The van der Waals surface area contributed by atoms with Crippen molar-refractivity contribution >= 4 is 28.2 Å². The second kappa shape index (κ2) is 7.38. The predicted molar refractivity (Wildman–Crippen MR) is 109 cm³/mol. The quantitative estimate of drug-likeness (QED) is 0.485. The number of aromatic nitrogens is 2. The van der Waals surface area contributed by atoms with Crippen LogP contribution in [0.15, 0.2) is 41.2 Å². The van der Waals surface area contributed by atoms with Crippen molar-refractivity contribution in [3.05, 3.63) is 68.3 Å². The van der Waals surface area contributed by atoms with Crippen molar-refractivity contribution in [2.45, 2.75) is 19.9 Å². The number of ether oxygens (including phenoxy) is 2. The summed E-state index contributed by atoms with van der Waals surface area (Å²) in [7, 11) is 1.59. The van der Waals surface area contributed by atoms with E-state index in [0.29, 0.717) is 42.4 Å². The number of nitro groups is 1. The molecule has 8 nitrogen and oxygen atoms in total. The molecule has 0 amide bonds. The van der Waals surface area contributed by atoms with Gasteiger partial charge in [-0.1, -0.05) is 6.07 Å². The standard InChI is InChI=1S/C21H19N3O5/c1-3-29-18-7-4-13(11-19(18)28-2)10-14-8-9-23-20(14)22-17-6-5-15(24(26)27)12-16(17)21(23)25/h4-7,10-12H,3,8-9H2,1-2H3/b14-10+. The summed E-state index contributed by atoms with van der Waals surface area (Å²) in [5.74, 6) is 1.89. The molecule has 0 unspecified atom stereocenters. The molecule has 1 aliphatic rings. The number of non-ortho nitro benzene ring substituents is 1.